The molecule has 3 rings (SSSR count). The molecule has 0 unspecified atom stereocenters. The number of carboxylic acid groups (broad SMARTS) is 1. The van der Waals surface area contributed by atoms with E-state index in [4.69, 9.17) is 5.11 Å². The second kappa shape index (κ2) is 7.75. The summed E-state index contributed by atoms with van der Waals surface area (Å²) in [5.74, 6) is -1.39. The molecule has 0 aliphatic heterocycles. The lowest BCUT2D eigenvalue weighted by Crippen LogP contribution is -2.12. The minimum Gasteiger partial charge on any atom is -0.506 e. The third-order valence-corrected chi connectivity index (χ3v) is 3.88. The maximum Gasteiger partial charge on any atom is 0.335 e. The van der Waals surface area contributed by atoms with Crippen LogP contribution in [0.4, 0.5) is 17.3 Å². The number of hydrogen-bond donors (Lipinski definition) is 4. The Morgan fingerprint density at radius 1 is 0.893 bits per heavy atom. The number of anilines is 3. The van der Waals surface area contributed by atoms with E-state index in [9.17, 15) is 14.7 Å². The minimum absolute atomic E-state index is 0.0238. The van der Waals surface area contributed by atoms with Gasteiger partial charge >= 0.3 is 5.97 Å². The van der Waals surface area contributed by atoms with E-state index < -0.39 is 11.9 Å². The van der Waals surface area contributed by atoms with Crippen LogP contribution in [0.3, 0.4) is 0 Å². The first-order valence-corrected chi connectivity index (χ1v) is 8.39. The van der Waals surface area contributed by atoms with Crippen molar-refractivity contribution in [1.29, 1.82) is 0 Å². The molecule has 0 radical (unpaired) electrons. The number of amides is 1. The molecule has 2 aromatic carbocycles. The van der Waals surface area contributed by atoms with Crippen LogP contribution < -0.4 is 10.6 Å². The fraction of sp³-hybridized carbons (Fsp3) is 0.100. The van der Waals surface area contributed by atoms with Crippen molar-refractivity contribution in [3.8, 4) is 5.75 Å². The average Bonchev–Trinajstić information content (AvgIpc) is 2.63. The lowest BCUT2D eigenvalue weighted by molar-refractivity contribution is 0.0696. The van der Waals surface area contributed by atoms with Gasteiger partial charge in [0.15, 0.2) is 0 Å². The molecule has 0 fully saturated rings. The van der Waals surface area contributed by atoms with E-state index in [-0.39, 0.29) is 17.0 Å². The van der Waals surface area contributed by atoms with E-state index in [1.807, 2.05) is 19.9 Å². The molecule has 8 nitrogen and oxygen atoms in total. The van der Waals surface area contributed by atoms with Crippen molar-refractivity contribution < 1.29 is 19.8 Å². The quantitative estimate of drug-likeness (QED) is 0.501. The van der Waals surface area contributed by atoms with E-state index >= 15 is 0 Å². The standard InChI is InChI=1S/C20H18N4O4/c1-11-9-12(2)22-20(21-11)23-15-6-3-13(4-7-15)18(26)24-16-10-14(19(27)28)5-8-17(16)25/h3-10,25H,1-2H3,(H,24,26)(H,27,28)(H,21,22,23). The lowest BCUT2D eigenvalue weighted by Gasteiger charge is -2.10. The maximum absolute atomic E-state index is 12.4. The van der Waals surface area contributed by atoms with Crippen LogP contribution in [0, 0.1) is 13.8 Å². The van der Waals surface area contributed by atoms with E-state index in [2.05, 4.69) is 20.6 Å². The van der Waals surface area contributed by atoms with Gasteiger partial charge in [0.25, 0.3) is 5.91 Å². The molecule has 3 aromatic rings. The molecule has 8 heteroatoms. The van der Waals surface area contributed by atoms with Gasteiger partial charge in [-0.2, -0.15) is 0 Å². The molecule has 0 bridgehead atoms. The van der Waals surface area contributed by atoms with Gasteiger partial charge in [0.2, 0.25) is 5.95 Å². The van der Waals surface area contributed by atoms with E-state index in [0.717, 1.165) is 11.4 Å². The van der Waals surface area contributed by atoms with E-state index in [1.165, 1.54) is 18.2 Å². The molecule has 142 valence electrons. The SMILES string of the molecule is Cc1cc(C)nc(Nc2ccc(C(=O)Nc3cc(C(=O)O)ccc3O)cc2)n1. The first-order chi connectivity index (χ1) is 13.3. The lowest BCUT2D eigenvalue weighted by atomic mass is 10.1. The number of aryl methyl sites for hydroxylation is 2. The summed E-state index contributed by atoms with van der Waals surface area (Å²) in [5.41, 5.74) is 2.71. The topological polar surface area (TPSA) is 124 Å². The summed E-state index contributed by atoms with van der Waals surface area (Å²) in [6.45, 7) is 3.75. The summed E-state index contributed by atoms with van der Waals surface area (Å²) in [6.07, 6.45) is 0. The van der Waals surface area contributed by atoms with E-state index in [0.29, 0.717) is 17.2 Å². The van der Waals surface area contributed by atoms with Crippen LogP contribution in [-0.4, -0.2) is 32.1 Å². The van der Waals surface area contributed by atoms with Crippen LogP contribution >= 0.6 is 0 Å². The number of aromatic nitrogens is 2. The van der Waals surface area contributed by atoms with Gasteiger partial charge in [-0.05, 0) is 62.4 Å². The first-order valence-electron chi connectivity index (χ1n) is 8.39. The monoisotopic (exact) mass is 378 g/mol. The van der Waals surface area contributed by atoms with Crippen LogP contribution in [0.5, 0.6) is 5.75 Å². The summed E-state index contributed by atoms with van der Waals surface area (Å²) in [4.78, 5) is 32.0. The number of carbonyl (C=O) groups excluding carboxylic acids is 1. The van der Waals surface area contributed by atoms with Gasteiger partial charge in [-0.25, -0.2) is 14.8 Å². The van der Waals surface area contributed by atoms with Crippen molar-refractivity contribution in [3.05, 3.63) is 71.0 Å². The van der Waals surface area contributed by atoms with Crippen molar-refractivity contribution in [2.45, 2.75) is 13.8 Å². The number of carboxylic acids is 1. The number of aromatic carboxylic acids is 1. The van der Waals surface area contributed by atoms with Crippen LogP contribution in [0.1, 0.15) is 32.1 Å². The van der Waals surface area contributed by atoms with Crippen LogP contribution in [0.15, 0.2) is 48.5 Å². The van der Waals surface area contributed by atoms with Gasteiger partial charge in [0.05, 0.1) is 11.3 Å². The number of nitrogens with zero attached hydrogens (tertiary/aromatic N) is 2. The Balaban J connectivity index is 1.73. The Bertz CT molecular complexity index is 1030. The summed E-state index contributed by atoms with van der Waals surface area (Å²) >= 11 is 0. The number of hydrogen-bond acceptors (Lipinski definition) is 6. The summed E-state index contributed by atoms with van der Waals surface area (Å²) in [7, 11) is 0. The Morgan fingerprint density at radius 3 is 2.11 bits per heavy atom. The number of nitrogens with one attached hydrogen (secondary N) is 2. The molecule has 0 spiro atoms. The number of phenolic OH excluding ortho intramolecular Hbond substituents is 1. The molecule has 4 N–H and O–H groups in total. The highest BCUT2D eigenvalue weighted by Gasteiger charge is 2.12. The van der Waals surface area contributed by atoms with Crippen molar-refractivity contribution in [3.63, 3.8) is 0 Å². The molecular formula is C20H18N4O4. The minimum atomic E-state index is -1.15. The number of benzene rings is 2. The molecule has 0 aliphatic carbocycles. The highest BCUT2D eigenvalue weighted by molar-refractivity contribution is 6.05. The predicted molar refractivity (Wildman–Crippen MR) is 104 cm³/mol. The zero-order valence-corrected chi connectivity index (χ0v) is 15.2. The summed E-state index contributed by atoms with van der Waals surface area (Å²) in [5, 5.41) is 24.4. The average molecular weight is 378 g/mol. The molecule has 0 saturated carbocycles. The maximum atomic E-state index is 12.4. The van der Waals surface area contributed by atoms with Crippen molar-refractivity contribution in [2.24, 2.45) is 0 Å². The molecule has 0 atom stereocenters. The largest absolute Gasteiger partial charge is 0.506 e. The smallest absolute Gasteiger partial charge is 0.335 e. The Labute approximate surface area is 160 Å². The second-order valence-corrected chi connectivity index (χ2v) is 6.17. The molecule has 1 aromatic heterocycles. The predicted octanol–water partition coefficient (Wildman–Crippen LogP) is 3.49. The van der Waals surface area contributed by atoms with Crippen LogP contribution in [0.25, 0.3) is 0 Å². The zero-order valence-electron chi connectivity index (χ0n) is 15.2. The Morgan fingerprint density at radius 2 is 1.50 bits per heavy atom. The summed E-state index contributed by atoms with van der Waals surface area (Å²) in [6, 6.07) is 12.1. The highest BCUT2D eigenvalue weighted by Crippen LogP contribution is 2.25. The normalized spacial score (nSPS) is 10.4. The van der Waals surface area contributed by atoms with Crippen molar-refractivity contribution in [1.82, 2.24) is 9.97 Å². The number of phenols is 1. The zero-order chi connectivity index (χ0) is 20.3. The molecule has 28 heavy (non-hydrogen) atoms. The fourth-order valence-electron chi connectivity index (χ4n) is 2.58. The Kier molecular flexibility index (Phi) is 5.21. The first kappa shape index (κ1) is 18.8. The molecule has 1 amide bonds. The van der Waals surface area contributed by atoms with Gasteiger partial charge in [-0.15, -0.1) is 0 Å². The molecule has 1 heterocycles. The second-order valence-electron chi connectivity index (χ2n) is 6.17. The van der Waals surface area contributed by atoms with Crippen molar-refractivity contribution in [2.75, 3.05) is 10.6 Å². The fourth-order valence-corrected chi connectivity index (χ4v) is 2.58. The molecule has 0 aliphatic rings. The van der Waals surface area contributed by atoms with E-state index in [1.54, 1.807) is 24.3 Å². The van der Waals surface area contributed by atoms with Gasteiger partial charge in [0.1, 0.15) is 5.75 Å². The van der Waals surface area contributed by atoms with Gasteiger partial charge in [-0.3, -0.25) is 4.79 Å². The number of rotatable bonds is 5. The molecular weight excluding hydrogens is 360 g/mol. The summed E-state index contributed by atoms with van der Waals surface area (Å²) < 4.78 is 0. The highest BCUT2D eigenvalue weighted by atomic mass is 16.4. The van der Waals surface area contributed by atoms with Crippen molar-refractivity contribution >= 4 is 29.2 Å². The van der Waals surface area contributed by atoms with Crippen LogP contribution in [-0.2, 0) is 0 Å². The third-order valence-electron chi connectivity index (χ3n) is 3.88. The Hall–Kier alpha value is -3.94. The molecule has 0 saturated heterocycles. The van der Waals surface area contributed by atoms with Gasteiger partial charge in [0, 0.05) is 22.6 Å². The third kappa shape index (κ3) is 4.42. The van der Waals surface area contributed by atoms with Gasteiger partial charge < -0.3 is 20.8 Å². The number of aromatic hydroxyl groups is 1. The number of carbonyl (C=O) groups is 2. The van der Waals surface area contributed by atoms with Crippen LogP contribution in [0.2, 0.25) is 0 Å². The van der Waals surface area contributed by atoms with Gasteiger partial charge in [-0.1, -0.05) is 0 Å².